The van der Waals surface area contributed by atoms with Gasteiger partial charge in [-0.05, 0) is 37.5 Å². The van der Waals surface area contributed by atoms with Crippen LogP contribution in [0.5, 0.6) is 0 Å². The molecule has 3 atom stereocenters. The molecule has 2 aliphatic carbocycles. The molecule has 96 valence electrons. The normalized spacial score (nSPS) is 40.9. The van der Waals surface area contributed by atoms with E-state index in [2.05, 4.69) is 28.1 Å². The molecule has 0 bridgehead atoms. The average Bonchev–Trinajstić information content (AvgIpc) is 2.79. The van der Waals surface area contributed by atoms with Crippen molar-refractivity contribution in [1.82, 2.24) is 0 Å². The zero-order chi connectivity index (χ0) is 11.7. The van der Waals surface area contributed by atoms with Crippen LogP contribution in [0.25, 0.3) is 0 Å². The minimum Gasteiger partial charge on any atom is -0.347 e. The van der Waals surface area contributed by atoms with E-state index in [-0.39, 0.29) is 5.79 Å². The summed E-state index contributed by atoms with van der Waals surface area (Å²) in [4.78, 5) is 0.544. The lowest BCUT2D eigenvalue weighted by atomic mass is 9.74. The van der Waals surface area contributed by atoms with Gasteiger partial charge < -0.3 is 9.47 Å². The molecular formula is C14H21BrO2. The molecule has 2 fully saturated rings. The van der Waals surface area contributed by atoms with Crippen molar-refractivity contribution in [3.8, 4) is 0 Å². The first kappa shape index (κ1) is 12.2. The number of rotatable bonds is 1. The van der Waals surface area contributed by atoms with Crippen molar-refractivity contribution in [2.75, 3.05) is 13.2 Å². The SMILES string of the molecule is BrC1CC2(CCC1C1C=CCCC1)OCCO2. The first-order valence-corrected chi connectivity index (χ1v) is 7.79. The molecule has 1 aliphatic heterocycles. The van der Waals surface area contributed by atoms with E-state index in [1.165, 1.54) is 25.7 Å². The van der Waals surface area contributed by atoms with E-state index in [1.807, 2.05) is 0 Å². The van der Waals surface area contributed by atoms with Gasteiger partial charge in [-0.25, -0.2) is 0 Å². The highest BCUT2D eigenvalue weighted by molar-refractivity contribution is 9.09. The van der Waals surface area contributed by atoms with Gasteiger partial charge in [-0.1, -0.05) is 28.1 Å². The second kappa shape index (κ2) is 5.02. The molecule has 0 aromatic heterocycles. The number of alkyl halides is 1. The van der Waals surface area contributed by atoms with Crippen LogP contribution < -0.4 is 0 Å². The topological polar surface area (TPSA) is 18.5 Å². The first-order chi connectivity index (χ1) is 8.29. The first-order valence-electron chi connectivity index (χ1n) is 6.88. The summed E-state index contributed by atoms with van der Waals surface area (Å²) in [7, 11) is 0. The van der Waals surface area contributed by atoms with E-state index < -0.39 is 0 Å². The summed E-state index contributed by atoms with van der Waals surface area (Å²) in [6, 6.07) is 0. The summed E-state index contributed by atoms with van der Waals surface area (Å²) in [6.07, 6.45) is 12.1. The van der Waals surface area contributed by atoms with Crippen molar-refractivity contribution >= 4 is 15.9 Å². The predicted octanol–water partition coefficient (Wildman–Crippen LogP) is 3.65. The molecule has 0 amide bonds. The van der Waals surface area contributed by atoms with Gasteiger partial charge in [0.25, 0.3) is 0 Å². The molecule has 2 nitrogen and oxygen atoms in total. The Labute approximate surface area is 112 Å². The van der Waals surface area contributed by atoms with Crippen LogP contribution in [0.3, 0.4) is 0 Å². The van der Waals surface area contributed by atoms with E-state index >= 15 is 0 Å². The van der Waals surface area contributed by atoms with Crippen LogP contribution >= 0.6 is 15.9 Å². The molecule has 0 radical (unpaired) electrons. The maximum Gasteiger partial charge on any atom is 0.169 e. The van der Waals surface area contributed by atoms with Crippen molar-refractivity contribution in [2.45, 2.75) is 49.1 Å². The molecule has 1 saturated carbocycles. The molecule has 1 saturated heterocycles. The number of hydrogen-bond donors (Lipinski definition) is 0. The lowest BCUT2D eigenvalue weighted by Gasteiger charge is -2.41. The van der Waals surface area contributed by atoms with E-state index in [0.29, 0.717) is 4.83 Å². The lowest BCUT2D eigenvalue weighted by molar-refractivity contribution is -0.182. The van der Waals surface area contributed by atoms with Gasteiger partial charge in [-0.15, -0.1) is 0 Å². The van der Waals surface area contributed by atoms with Gasteiger partial charge in [-0.2, -0.15) is 0 Å². The zero-order valence-corrected chi connectivity index (χ0v) is 11.8. The Hall–Kier alpha value is 0.140. The average molecular weight is 301 g/mol. The second-order valence-electron chi connectivity index (χ2n) is 5.55. The van der Waals surface area contributed by atoms with E-state index in [4.69, 9.17) is 9.47 Å². The van der Waals surface area contributed by atoms with Crippen molar-refractivity contribution in [2.24, 2.45) is 11.8 Å². The third-order valence-corrected chi connectivity index (χ3v) is 5.49. The van der Waals surface area contributed by atoms with Crippen LogP contribution in [0.15, 0.2) is 12.2 Å². The number of allylic oxidation sites excluding steroid dienone is 2. The molecule has 17 heavy (non-hydrogen) atoms. The van der Waals surface area contributed by atoms with Crippen LogP contribution in [-0.4, -0.2) is 23.8 Å². The smallest absolute Gasteiger partial charge is 0.169 e. The summed E-state index contributed by atoms with van der Waals surface area (Å²) in [5.74, 6) is 1.29. The van der Waals surface area contributed by atoms with Gasteiger partial charge in [0, 0.05) is 17.7 Å². The minimum absolute atomic E-state index is 0.247. The van der Waals surface area contributed by atoms with Crippen molar-refractivity contribution in [3.05, 3.63) is 12.2 Å². The Morgan fingerprint density at radius 1 is 1.18 bits per heavy atom. The molecule has 3 aliphatic rings. The summed E-state index contributed by atoms with van der Waals surface area (Å²) in [5.41, 5.74) is 0. The van der Waals surface area contributed by atoms with Crippen molar-refractivity contribution in [3.63, 3.8) is 0 Å². The van der Waals surface area contributed by atoms with E-state index in [1.54, 1.807) is 0 Å². The lowest BCUT2D eigenvalue weighted by Crippen LogP contribution is -2.42. The Morgan fingerprint density at radius 2 is 2.00 bits per heavy atom. The fourth-order valence-electron chi connectivity index (χ4n) is 3.55. The monoisotopic (exact) mass is 300 g/mol. The third-order valence-electron chi connectivity index (χ3n) is 4.48. The summed E-state index contributed by atoms with van der Waals surface area (Å²) in [5, 5.41) is 0. The highest BCUT2D eigenvalue weighted by atomic mass is 79.9. The molecule has 1 heterocycles. The molecular weight excluding hydrogens is 280 g/mol. The molecule has 3 unspecified atom stereocenters. The Kier molecular flexibility index (Phi) is 3.60. The van der Waals surface area contributed by atoms with E-state index in [9.17, 15) is 0 Å². The van der Waals surface area contributed by atoms with Crippen LogP contribution in [0.4, 0.5) is 0 Å². The van der Waals surface area contributed by atoms with Gasteiger partial charge in [0.15, 0.2) is 5.79 Å². The maximum absolute atomic E-state index is 5.82. The fourth-order valence-corrected chi connectivity index (χ4v) is 4.70. The molecule has 0 aromatic carbocycles. The van der Waals surface area contributed by atoms with Gasteiger partial charge in [-0.3, -0.25) is 0 Å². The molecule has 0 aromatic rings. The van der Waals surface area contributed by atoms with Crippen LogP contribution in [0.2, 0.25) is 0 Å². The van der Waals surface area contributed by atoms with Gasteiger partial charge in [0.05, 0.1) is 13.2 Å². The highest BCUT2D eigenvalue weighted by Crippen LogP contribution is 2.45. The quantitative estimate of drug-likeness (QED) is 0.544. The molecule has 1 spiro atoms. The fraction of sp³-hybridized carbons (Fsp3) is 0.857. The van der Waals surface area contributed by atoms with Crippen LogP contribution in [0, 0.1) is 11.8 Å². The summed E-state index contributed by atoms with van der Waals surface area (Å²) in [6.45, 7) is 1.54. The zero-order valence-electron chi connectivity index (χ0n) is 10.2. The Morgan fingerprint density at radius 3 is 2.65 bits per heavy atom. The highest BCUT2D eigenvalue weighted by Gasteiger charge is 2.45. The maximum atomic E-state index is 5.82. The minimum atomic E-state index is -0.247. The molecule has 3 heteroatoms. The van der Waals surface area contributed by atoms with Crippen molar-refractivity contribution in [1.29, 1.82) is 0 Å². The number of halogens is 1. The largest absolute Gasteiger partial charge is 0.347 e. The number of hydrogen-bond acceptors (Lipinski definition) is 2. The van der Waals surface area contributed by atoms with Gasteiger partial charge >= 0.3 is 0 Å². The van der Waals surface area contributed by atoms with Gasteiger partial charge in [0.1, 0.15) is 0 Å². The molecule has 3 rings (SSSR count). The Balaban J connectivity index is 1.65. The van der Waals surface area contributed by atoms with Crippen molar-refractivity contribution < 1.29 is 9.47 Å². The number of ether oxygens (including phenoxy) is 2. The third kappa shape index (κ3) is 2.47. The predicted molar refractivity (Wildman–Crippen MR) is 71.2 cm³/mol. The summed E-state index contributed by atoms with van der Waals surface area (Å²) >= 11 is 3.88. The molecule has 0 N–H and O–H groups in total. The van der Waals surface area contributed by atoms with Crippen LogP contribution in [-0.2, 0) is 9.47 Å². The summed E-state index contributed by atoms with van der Waals surface area (Å²) < 4.78 is 11.6. The van der Waals surface area contributed by atoms with Gasteiger partial charge in [0.2, 0.25) is 0 Å². The van der Waals surface area contributed by atoms with E-state index in [0.717, 1.165) is 37.9 Å². The standard InChI is InChI=1S/C14H21BrO2/c15-13-10-14(16-8-9-17-14)7-6-12(13)11-4-2-1-3-5-11/h2,4,11-13H,1,3,5-10H2. The van der Waals surface area contributed by atoms with Crippen LogP contribution in [0.1, 0.15) is 38.5 Å². The Bertz CT molecular complexity index is 297. The second-order valence-corrected chi connectivity index (χ2v) is 6.73.